The number of carboxylic acid groups (broad SMARTS) is 1. The lowest BCUT2D eigenvalue weighted by molar-refractivity contribution is -0.141. The highest BCUT2D eigenvalue weighted by Crippen LogP contribution is 2.04. The van der Waals surface area contributed by atoms with Crippen LogP contribution in [0.5, 0.6) is 0 Å². The predicted octanol–water partition coefficient (Wildman–Crippen LogP) is -1.19. The van der Waals surface area contributed by atoms with E-state index >= 15 is 0 Å². The van der Waals surface area contributed by atoms with Crippen molar-refractivity contribution in [2.24, 2.45) is 0 Å². The second-order valence-electron chi connectivity index (χ2n) is 2.84. The molecule has 5 nitrogen and oxygen atoms in total. The number of hydrogen-bond donors (Lipinski definition) is 3. The lowest BCUT2D eigenvalue weighted by Crippen LogP contribution is -2.48. The van der Waals surface area contributed by atoms with Crippen molar-refractivity contribution >= 4 is 5.97 Å². The van der Waals surface area contributed by atoms with Gasteiger partial charge in [0.15, 0.2) is 0 Å². The van der Waals surface area contributed by atoms with Crippen molar-refractivity contribution in [1.29, 1.82) is 0 Å². The second-order valence-corrected chi connectivity index (χ2v) is 2.84. The topological polar surface area (TPSA) is 78.8 Å². The third-order valence-corrected chi connectivity index (χ3v) is 1.79. The Morgan fingerprint density at radius 1 is 1.67 bits per heavy atom. The third-order valence-electron chi connectivity index (χ3n) is 1.79. The Kier molecular flexibility index (Phi) is 3.46. The number of rotatable bonds is 3. The highest BCUT2D eigenvalue weighted by Gasteiger charge is 2.21. The number of carbonyl (C=O) groups is 1. The molecule has 0 aromatic carbocycles. The van der Waals surface area contributed by atoms with Gasteiger partial charge in [-0.3, -0.25) is 4.79 Å². The van der Waals surface area contributed by atoms with E-state index in [0.717, 1.165) is 0 Å². The summed E-state index contributed by atoms with van der Waals surface area (Å²) in [5.41, 5.74) is 0. The van der Waals surface area contributed by atoms with Crippen LogP contribution in [0.3, 0.4) is 0 Å². The summed E-state index contributed by atoms with van der Waals surface area (Å²) in [6.45, 7) is 0.908. The zero-order valence-corrected chi connectivity index (χ0v) is 6.69. The molecule has 0 aromatic rings. The maximum absolute atomic E-state index is 10.3. The SMILES string of the molecule is O=C(O)C[C@H]1CN[C@@H](CO)CO1. The zero-order chi connectivity index (χ0) is 8.97. The number of ether oxygens (including phenoxy) is 1. The highest BCUT2D eigenvalue weighted by molar-refractivity contribution is 5.67. The molecule has 70 valence electrons. The second kappa shape index (κ2) is 4.39. The van der Waals surface area contributed by atoms with Gasteiger partial charge in [0.1, 0.15) is 0 Å². The smallest absolute Gasteiger partial charge is 0.306 e. The minimum Gasteiger partial charge on any atom is -0.481 e. The van der Waals surface area contributed by atoms with Crippen LogP contribution in [-0.4, -0.2) is 48.1 Å². The lowest BCUT2D eigenvalue weighted by atomic mass is 10.2. The van der Waals surface area contributed by atoms with E-state index in [-0.39, 0.29) is 25.2 Å². The fourth-order valence-corrected chi connectivity index (χ4v) is 1.11. The quantitative estimate of drug-likeness (QED) is 0.502. The number of aliphatic carboxylic acids is 1. The van der Waals surface area contributed by atoms with Crippen molar-refractivity contribution in [3.8, 4) is 0 Å². The minimum absolute atomic E-state index is 0.0190. The van der Waals surface area contributed by atoms with E-state index in [1.807, 2.05) is 0 Å². The molecule has 0 unspecified atom stereocenters. The number of hydrogen-bond acceptors (Lipinski definition) is 4. The van der Waals surface area contributed by atoms with Crippen LogP contribution in [-0.2, 0) is 9.53 Å². The van der Waals surface area contributed by atoms with E-state index in [4.69, 9.17) is 14.9 Å². The summed E-state index contributed by atoms with van der Waals surface area (Å²) < 4.78 is 5.19. The Bertz CT molecular complexity index is 153. The fraction of sp³-hybridized carbons (Fsp3) is 0.857. The average Bonchev–Trinajstić information content (AvgIpc) is 2.05. The summed E-state index contributed by atoms with van der Waals surface area (Å²) >= 11 is 0. The summed E-state index contributed by atoms with van der Waals surface area (Å²) in [6, 6.07) is -0.0463. The summed E-state index contributed by atoms with van der Waals surface area (Å²) in [4.78, 5) is 10.3. The Morgan fingerprint density at radius 3 is 2.83 bits per heavy atom. The molecule has 1 fully saturated rings. The molecule has 3 N–H and O–H groups in total. The Balaban J connectivity index is 2.21. The Labute approximate surface area is 70.3 Å². The molecule has 0 bridgehead atoms. The van der Waals surface area contributed by atoms with E-state index in [9.17, 15) is 4.79 Å². The van der Waals surface area contributed by atoms with Gasteiger partial charge >= 0.3 is 5.97 Å². The molecule has 1 rings (SSSR count). The monoisotopic (exact) mass is 175 g/mol. The van der Waals surface area contributed by atoms with Crippen molar-refractivity contribution in [3.63, 3.8) is 0 Å². The van der Waals surface area contributed by atoms with Gasteiger partial charge in [-0.1, -0.05) is 0 Å². The maximum Gasteiger partial charge on any atom is 0.306 e. The first-order chi connectivity index (χ1) is 5.72. The number of carboxylic acids is 1. The Morgan fingerprint density at radius 2 is 2.42 bits per heavy atom. The van der Waals surface area contributed by atoms with Gasteiger partial charge in [0, 0.05) is 6.54 Å². The third kappa shape index (κ3) is 2.77. The minimum atomic E-state index is -0.857. The van der Waals surface area contributed by atoms with Gasteiger partial charge in [0.25, 0.3) is 0 Å². The van der Waals surface area contributed by atoms with Gasteiger partial charge in [0.2, 0.25) is 0 Å². The molecular formula is C7H13NO4. The van der Waals surface area contributed by atoms with Crippen molar-refractivity contribution < 1.29 is 19.7 Å². The molecule has 0 saturated carbocycles. The highest BCUT2D eigenvalue weighted by atomic mass is 16.5. The van der Waals surface area contributed by atoms with E-state index in [2.05, 4.69) is 5.32 Å². The molecule has 0 aliphatic carbocycles. The molecule has 0 amide bonds. The van der Waals surface area contributed by atoms with Gasteiger partial charge in [-0.15, -0.1) is 0 Å². The maximum atomic E-state index is 10.3. The van der Waals surface area contributed by atoms with Gasteiger partial charge < -0.3 is 20.3 Å². The van der Waals surface area contributed by atoms with Crippen LogP contribution in [0, 0.1) is 0 Å². The first kappa shape index (κ1) is 9.44. The predicted molar refractivity (Wildman–Crippen MR) is 40.9 cm³/mol. The molecule has 2 atom stereocenters. The molecule has 1 heterocycles. The first-order valence-corrected chi connectivity index (χ1v) is 3.90. The standard InChI is InChI=1S/C7H13NO4/c9-3-5-4-12-6(2-8-5)1-7(10)11/h5-6,8-9H,1-4H2,(H,10,11)/t5-,6-/m0/s1. The van der Waals surface area contributed by atoms with Crippen molar-refractivity contribution in [2.45, 2.75) is 18.6 Å². The molecule has 1 aliphatic heterocycles. The Hall–Kier alpha value is -0.650. The summed E-state index contributed by atoms with van der Waals surface area (Å²) in [7, 11) is 0. The molecule has 0 aromatic heterocycles. The van der Waals surface area contributed by atoms with Crippen LogP contribution in [0.4, 0.5) is 0 Å². The van der Waals surface area contributed by atoms with Crippen LogP contribution in [0.15, 0.2) is 0 Å². The van der Waals surface area contributed by atoms with Crippen LogP contribution in [0.1, 0.15) is 6.42 Å². The van der Waals surface area contributed by atoms with E-state index in [1.165, 1.54) is 0 Å². The number of aliphatic hydroxyl groups excluding tert-OH is 1. The zero-order valence-electron chi connectivity index (χ0n) is 6.69. The van der Waals surface area contributed by atoms with Crippen LogP contribution < -0.4 is 5.32 Å². The summed E-state index contributed by atoms with van der Waals surface area (Å²) in [5.74, 6) is -0.857. The largest absolute Gasteiger partial charge is 0.481 e. The van der Waals surface area contributed by atoms with Crippen molar-refractivity contribution in [3.05, 3.63) is 0 Å². The van der Waals surface area contributed by atoms with Gasteiger partial charge in [-0.05, 0) is 0 Å². The van der Waals surface area contributed by atoms with E-state index in [1.54, 1.807) is 0 Å². The molecule has 1 aliphatic rings. The van der Waals surface area contributed by atoms with Crippen LogP contribution >= 0.6 is 0 Å². The number of morpholine rings is 1. The normalized spacial score (nSPS) is 30.1. The van der Waals surface area contributed by atoms with E-state index in [0.29, 0.717) is 13.2 Å². The van der Waals surface area contributed by atoms with Crippen molar-refractivity contribution in [1.82, 2.24) is 5.32 Å². The molecule has 0 radical (unpaired) electrons. The molecular weight excluding hydrogens is 162 g/mol. The molecule has 5 heteroatoms. The van der Waals surface area contributed by atoms with E-state index < -0.39 is 5.97 Å². The molecule has 12 heavy (non-hydrogen) atoms. The molecule has 0 spiro atoms. The van der Waals surface area contributed by atoms with Gasteiger partial charge in [-0.2, -0.15) is 0 Å². The first-order valence-electron chi connectivity index (χ1n) is 3.90. The van der Waals surface area contributed by atoms with Crippen molar-refractivity contribution in [2.75, 3.05) is 19.8 Å². The average molecular weight is 175 g/mol. The molecule has 1 saturated heterocycles. The van der Waals surface area contributed by atoms with Gasteiger partial charge in [-0.25, -0.2) is 0 Å². The number of aliphatic hydroxyl groups is 1. The van der Waals surface area contributed by atoms with Crippen LogP contribution in [0.2, 0.25) is 0 Å². The van der Waals surface area contributed by atoms with Crippen LogP contribution in [0.25, 0.3) is 0 Å². The lowest BCUT2D eigenvalue weighted by Gasteiger charge is -2.28. The number of nitrogens with one attached hydrogen (secondary N) is 1. The summed E-state index contributed by atoms with van der Waals surface area (Å²) in [5, 5.41) is 20.1. The summed E-state index contributed by atoms with van der Waals surface area (Å²) in [6.07, 6.45) is -0.240. The fourth-order valence-electron chi connectivity index (χ4n) is 1.11. The van der Waals surface area contributed by atoms with Gasteiger partial charge in [0.05, 0.1) is 31.8 Å².